The van der Waals surface area contributed by atoms with Crippen LogP contribution in [0.3, 0.4) is 0 Å². The maximum atomic E-state index is 12.6. The normalized spacial score (nSPS) is 13.5. The minimum absolute atomic E-state index is 0.0210. The van der Waals surface area contributed by atoms with E-state index in [1.807, 2.05) is 6.07 Å². The molecular formula is C16H19N3O4. The van der Waals surface area contributed by atoms with Gasteiger partial charge in [-0.05, 0) is 18.6 Å². The van der Waals surface area contributed by atoms with E-state index in [1.165, 1.54) is 6.92 Å². The lowest BCUT2D eigenvalue weighted by molar-refractivity contribution is -0.138. The van der Waals surface area contributed by atoms with Crippen LogP contribution in [0.2, 0.25) is 0 Å². The van der Waals surface area contributed by atoms with E-state index in [2.05, 4.69) is 10.3 Å². The number of carboxylic acids is 1. The number of carbonyl (C=O) groups is 3. The summed E-state index contributed by atoms with van der Waals surface area (Å²) >= 11 is 0. The smallest absolute Gasteiger partial charge is 0.320 e. The van der Waals surface area contributed by atoms with Crippen LogP contribution in [0.5, 0.6) is 0 Å². The summed E-state index contributed by atoms with van der Waals surface area (Å²) in [6.45, 7) is 2.91. The van der Waals surface area contributed by atoms with Crippen molar-refractivity contribution in [1.29, 1.82) is 0 Å². The number of rotatable bonds is 6. The molecule has 1 heterocycles. The third-order valence-electron chi connectivity index (χ3n) is 3.61. The molecule has 0 saturated heterocycles. The van der Waals surface area contributed by atoms with E-state index < -0.39 is 18.1 Å². The van der Waals surface area contributed by atoms with Crippen LogP contribution in [0.4, 0.5) is 0 Å². The number of amides is 1. The molecule has 1 amide bonds. The second-order valence-corrected chi connectivity index (χ2v) is 5.46. The lowest BCUT2D eigenvalue weighted by Crippen LogP contribution is -2.38. The zero-order valence-electron chi connectivity index (χ0n) is 12.9. The van der Waals surface area contributed by atoms with Crippen LogP contribution in [0.15, 0.2) is 24.3 Å². The Labute approximate surface area is 132 Å². The number of nitrogens with two attached hydrogens (primary N) is 1. The molecule has 0 saturated carbocycles. The molecule has 0 aliphatic rings. The number of para-hydroxylation sites is 1. The Morgan fingerprint density at radius 1 is 1.30 bits per heavy atom. The number of fused-ring (bicyclic) bond motifs is 1. The van der Waals surface area contributed by atoms with Crippen molar-refractivity contribution in [2.75, 3.05) is 0 Å². The van der Waals surface area contributed by atoms with Crippen molar-refractivity contribution >= 4 is 28.6 Å². The van der Waals surface area contributed by atoms with Crippen LogP contribution in [-0.4, -0.2) is 39.8 Å². The second-order valence-electron chi connectivity index (χ2n) is 5.46. The van der Waals surface area contributed by atoms with Gasteiger partial charge in [0.25, 0.3) is 0 Å². The summed E-state index contributed by atoms with van der Waals surface area (Å²) in [5, 5.41) is 12.3. The Kier molecular flexibility index (Phi) is 4.80. The van der Waals surface area contributed by atoms with Crippen molar-refractivity contribution in [3.8, 4) is 0 Å². The topological polar surface area (TPSA) is 125 Å². The van der Waals surface area contributed by atoms with E-state index in [0.29, 0.717) is 5.56 Å². The fraction of sp³-hybridized carbons (Fsp3) is 0.312. The van der Waals surface area contributed by atoms with Crippen molar-refractivity contribution in [3.63, 3.8) is 0 Å². The van der Waals surface area contributed by atoms with E-state index in [-0.39, 0.29) is 23.8 Å². The first-order chi connectivity index (χ1) is 10.8. The molecule has 0 unspecified atom stereocenters. The number of hydrogen-bond donors (Lipinski definition) is 4. The van der Waals surface area contributed by atoms with Gasteiger partial charge < -0.3 is 21.1 Å². The molecule has 122 valence electrons. The molecule has 2 rings (SSSR count). The van der Waals surface area contributed by atoms with Crippen molar-refractivity contribution < 1.29 is 19.5 Å². The van der Waals surface area contributed by atoms with E-state index in [0.717, 1.165) is 10.9 Å². The molecule has 7 heteroatoms. The fourth-order valence-electron chi connectivity index (χ4n) is 2.52. The van der Waals surface area contributed by atoms with Crippen molar-refractivity contribution in [2.45, 2.75) is 32.4 Å². The number of aromatic nitrogens is 1. The number of Topliss-reactive ketones (excluding diaryl/α,β-unsaturated/α-hetero) is 1. The zero-order chi connectivity index (χ0) is 17.1. The molecule has 1 aromatic heterocycles. The van der Waals surface area contributed by atoms with Crippen LogP contribution in [-0.2, 0) is 16.0 Å². The Morgan fingerprint density at radius 3 is 2.57 bits per heavy atom. The van der Waals surface area contributed by atoms with Crippen LogP contribution in [0.1, 0.15) is 29.9 Å². The van der Waals surface area contributed by atoms with Crippen molar-refractivity contribution in [3.05, 3.63) is 35.5 Å². The number of H-pyrrole nitrogens is 1. The molecule has 0 aliphatic carbocycles. The summed E-state index contributed by atoms with van der Waals surface area (Å²) in [6, 6.07) is 5.38. The predicted molar refractivity (Wildman–Crippen MR) is 85.2 cm³/mol. The Bertz CT molecular complexity index is 766. The Hall–Kier alpha value is -2.67. The monoisotopic (exact) mass is 317 g/mol. The largest absolute Gasteiger partial charge is 0.480 e. The fourth-order valence-corrected chi connectivity index (χ4v) is 2.52. The average Bonchev–Trinajstić information content (AvgIpc) is 2.84. The third kappa shape index (κ3) is 3.57. The van der Waals surface area contributed by atoms with Crippen LogP contribution in [0.25, 0.3) is 10.9 Å². The molecule has 0 radical (unpaired) electrons. The van der Waals surface area contributed by atoms with Crippen LogP contribution >= 0.6 is 0 Å². The van der Waals surface area contributed by atoms with Gasteiger partial charge in [-0.3, -0.25) is 14.4 Å². The first kappa shape index (κ1) is 16.7. The molecule has 0 aliphatic heterocycles. The molecular weight excluding hydrogens is 298 g/mol. The van der Waals surface area contributed by atoms with Gasteiger partial charge in [0, 0.05) is 24.2 Å². The minimum Gasteiger partial charge on any atom is -0.480 e. The zero-order valence-corrected chi connectivity index (χ0v) is 12.9. The number of aromatic amines is 1. The average molecular weight is 317 g/mol. The van der Waals surface area contributed by atoms with Crippen LogP contribution < -0.4 is 11.1 Å². The molecule has 2 aromatic rings. The Morgan fingerprint density at radius 2 is 1.96 bits per heavy atom. The van der Waals surface area contributed by atoms with Gasteiger partial charge in [0.2, 0.25) is 11.7 Å². The maximum absolute atomic E-state index is 12.6. The Balaban J connectivity index is 2.47. The van der Waals surface area contributed by atoms with Gasteiger partial charge in [0.15, 0.2) is 0 Å². The predicted octanol–water partition coefficient (Wildman–Crippen LogP) is 0.830. The molecule has 0 spiro atoms. The number of carbonyl (C=O) groups excluding carboxylic acids is 2. The summed E-state index contributed by atoms with van der Waals surface area (Å²) < 4.78 is 0. The highest BCUT2D eigenvalue weighted by Crippen LogP contribution is 2.24. The number of ketones is 1. The summed E-state index contributed by atoms with van der Waals surface area (Å²) in [7, 11) is 0. The summed E-state index contributed by atoms with van der Waals surface area (Å²) in [5.41, 5.74) is 7.19. The highest BCUT2D eigenvalue weighted by molar-refractivity contribution is 6.06. The van der Waals surface area contributed by atoms with Gasteiger partial charge in [-0.25, -0.2) is 0 Å². The van der Waals surface area contributed by atoms with E-state index in [9.17, 15) is 14.4 Å². The number of aliphatic carboxylic acids is 1. The maximum Gasteiger partial charge on any atom is 0.320 e. The third-order valence-corrected chi connectivity index (χ3v) is 3.61. The molecule has 5 N–H and O–H groups in total. The lowest BCUT2D eigenvalue weighted by Gasteiger charge is -2.13. The summed E-state index contributed by atoms with van der Waals surface area (Å²) in [4.78, 5) is 37.8. The van der Waals surface area contributed by atoms with Crippen LogP contribution in [0, 0.1) is 0 Å². The molecule has 23 heavy (non-hydrogen) atoms. The van der Waals surface area contributed by atoms with Gasteiger partial charge in [-0.2, -0.15) is 0 Å². The van der Waals surface area contributed by atoms with E-state index in [1.54, 1.807) is 25.1 Å². The number of hydrogen-bond acceptors (Lipinski definition) is 4. The highest BCUT2D eigenvalue weighted by atomic mass is 16.4. The molecule has 2 atom stereocenters. The summed E-state index contributed by atoms with van der Waals surface area (Å²) in [6.07, 6.45) is 0.0210. The first-order valence-corrected chi connectivity index (χ1v) is 7.20. The number of nitrogens with one attached hydrogen (secondary N) is 2. The van der Waals surface area contributed by atoms with Gasteiger partial charge in [0.05, 0.1) is 11.7 Å². The molecule has 0 bridgehead atoms. The standard InChI is InChI=1S/C16H19N3O4/c1-8(18-9(2)20)15(21)14-11(7-12(17)16(22)23)10-5-3-4-6-13(10)19-14/h3-6,8,12,19H,7,17H2,1-2H3,(H,18,20)(H,22,23)/t8-,12-/m0/s1. The van der Waals surface area contributed by atoms with Crippen molar-refractivity contribution in [2.24, 2.45) is 5.73 Å². The number of benzene rings is 1. The first-order valence-electron chi connectivity index (χ1n) is 7.20. The molecule has 7 nitrogen and oxygen atoms in total. The van der Waals surface area contributed by atoms with Crippen molar-refractivity contribution in [1.82, 2.24) is 10.3 Å². The number of carboxylic acid groups (broad SMARTS) is 1. The van der Waals surface area contributed by atoms with E-state index >= 15 is 0 Å². The minimum atomic E-state index is -1.14. The molecule has 0 fully saturated rings. The quantitative estimate of drug-likeness (QED) is 0.587. The van der Waals surface area contributed by atoms with Gasteiger partial charge >= 0.3 is 5.97 Å². The van der Waals surface area contributed by atoms with Gasteiger partial charge in [-0.1, -0.05) is 18.2 Å². The summed E-state index contributed by atoms with van der Waals surface area (Å²) in [5.74, 6) is -1.77. The second kappa shape index (κ2) is 6.62. The van der Waals surface area contributed by atoms with E-state index in [4.69, 9.17) is 10.8 Å². The van der Waals surface area contributed by atoms with Gasteiger partial charge in [-0.15, -0.1) is 0 Å². The highest BCUT2D eigenvalue weighted by Gasteiger charge is 2.25. The molecule has 1 aromatic carbocycles. The lowest BCUT2D eigenvalue weighted by atomic mass is 9.99. The van der Waals surface area contributed by atoms with Gasteiger partial charge in [0.1, 0.15) is 6.04 Å². The SMILES string of the molecule is CC(=O)N[C@@H](C)C(=O)c1[nH]c2ccccc2c1C[C@H](N)C(=O)O.